The smallest absolute Gasteiger partial charge is 0.310 e. The Morgan fingerprint density at radius 1 is 1.58 bits per heavy atom. The van der Waals surface area contributed by atoms with Crippen LogP contribution in [-0.4, -0.2) is 28.1 Å². The van der Waals surface area contributed by atoms with Crippen LogP contribution in [0.25, 0.3) is 0 Å². The third-order valence-electron chi connectivity index (χ3n) is 2.65. The summed E-state index contributed by atoms with van der Waals surface area (Å²) in [6.45, 7) is 0. The quantitative estimate of drug-likeness (QED) is 0.783. The van der Waals surface area contributed by atoms with Crippen molar-refractivity contribution >= 4 is 29.3 Å². The molecule has 1 atom stereocenters. The van der Waals surface area contributed by atoms with E-state index in [9.17, 15) is 4.79 Å². The zero-order valence-corrected chi connectivity index (χ0v) is 11.0. The number of hydrogen-bond acceptors (Lipinski definition) is 5. The molecular formula is C12H13ClN4O2. The minimum atomic E-state index is -0.827. The van der Waals surface area contributed by atoms with Crippen molar-refractivity contribution in [1.29, 1.82) is 0 Å². The summed E-state index contributed by atoms with van der Waals surface area (Å²) in [6.07, 6.45) is 7.09. The van der Waals surface area contributed by atoms with Gasteiger partial charge in [-0.05, 0) is 12.5 Å². The van der Waals surface area contributed by atoms with Gasteiger partial charge in [-0.1, -0.05) is 23.8 Å². The molecule has 1 aromatic rings. The molecule has 1 aromatic heterocycles. The van der Waals surface area contributed by atoms with Crippen LogP contribution in [0.15, 0.2) is 30.1 Å². The molecular weight excluding hydrogens is 268 g/mol. The SMILES string of the molecule is CNc1nc(NC2=CCC(C(=O)O)C=C2)ncc1Cl. The standard InChI is InChI=1S/C12H13ClN4O2/c1-14-10-9(13)6-15-12(17-10)16-8-4-2-7(3-5-8)11(18)19/h2,4-7H,3H2,1H3,(H,18,19)(H2,14,15,16,17). The van der Waals surface area contributed by atoms with Gasteiger partial charge in [0.2, 0.25) is 5.95 Å². The Morgan fingerprint density at radius 2 is 2.37 bits per heavy atom. The van der Waals surface area contributed by atoms with Gasteiger partial charge >= 0.3 is 5.97 Å². The van der Waals surface area contributed by atoms with E-state index in [1.807, 2.05) is 0 Å². The van der Waals surface area contributed by atoms with Crippen molar-refractivity contribution in [2.45, 2.75) is 6.42 Å². The average molecular weight is 281 g/mol. The number of rotatable bonds is 4. The summed E-state index contributed by atoms with van der Waals surface area (Å²) in [5.41, 5.74) is 0.766. The number of nitrogens with zero attached hydrogens (tertiary/aromatic N) is 2. The van der Waals surface area contributed by atoms with E-state index in [1.54, 1.807) is 25.3 Å². The molecule has 1 unspecified atom stereocenters. The van der Waals surface area contributed by atoms with Crippen molar-refractivity contribution in [3.05, 3.63) is 35.1 Å². The minimum Gasteiger partial charge on any atom is -0.481 e. The molecule has 0 aromatic carbocycles. The topological polar surface area (TPSA) is 87.1 Å². The monoisotopic (exact) mass is 280 g/mol. The Hall–Kier alpha value is -2.08. The van der Waals surface area contributed by atoms with Gasteiger partial charge < -0.3 is 15.7 Å². The van der Waals surface area contributed by atoms with E-state index in [-0.39, 0.29) is 0 Å². The maximum atomic E-state index is 10.8. The van der Waals surface area contributed by atoms with Crippen LogP contribution in [0.4, 0.5) is 11.8 Å². The number of nitrogens with one attached hydrogen (secondary N) is 2. The second kappa shape index (κ2) is 5.71. The first kappa shape index (κ1) is 13.4. The summed E-state index contributed by atoms with van der Waals surface area (Å²) in [5.74, 6) is -0.363. The summed E-state index contributed by atoms with van der Waals surface area (Å²) >= 11 is 5.88. The molecule has 3 N–H and O–H groups in total. The van der Waals surface area contributed by atoms with Gasteiger partial charge in [-0.2, -0.15) is 4.98 Å². The van der Waals surface area contributed by atoms with Crippen LogP contribution in [0.2, 0.25) is 5.02 Å². The highest BCUT2D eigenvalue weighted by molar-refractivity contribution is 6.32. The van der Waals surface area contributed by atoms with Gasteiger partial charge in [0.1, 0.15) is 10.8 Å². The van der Waals surface area contributed by atoms with E-state index in [2.05, 4.69) is 20.6 Å². The molecule has 19 heavy (non-hydrogen) atoms. The Morgan fingerprint density at radius 3 is 2.95 bits per heavy atom. The first-order valence-corrected chi connectivity index (χ1v) is 6.06. The number of carboxylic acids is 1. The molecule has 1 aliphatic rings. The van der Waals surface area contributed by atoms with E-state index in [1.165, 1.54) is 6.20 Å². The van der Waals surface area contributed by atoms with Crippen LogP contribution in [0.1, 0.15) is 6.42 Å². The van der Waals surface area contributed by atoms with Crippen LogP contribution in [0.5, 0.6) is 0 Å². The summed E-state index contributed by atoms with van der Waals surface area (Å²) in [5, 5.41) is 15.2. The fourth-order valence-corrected chi connectivity index (χ4v) is 1.81. The van der Waals surface area contributed by atoms with E-state index in [0.29, 0.717) is 23.2 Å². The molecule has 6 nitrogen and oxygen atoms in total. The van der Waals surface area contributed by atoms with E-state index in [4.69, 9.17) is 16.7 Å². The van der Waals surface area contributed by atoms with Gasteiger partial charge in [-0.15, -0.1) is 0 Å². The fraction of sp³-hybridized carbons (Fsp3) is 0.250. The lowest BCUT2D eigenvalue weighted by molar-refractivity contribution is -0.139. The Bertz CT molecular complexity index is 557. The largest absolute Gasteiger partial charge is 0.481 e. The summed E-state index contributed by atoms with van der Waals surface area (Å²) < 4.78 is 0. The normalized spacial score (nSPS) is 17.8. The number of hydrogen-bond donors (Lipinski definition) is 3. The second-order valence-electron chi connectivity index (χ2n) is 3.96. The van der Waals surface area contributed by atoms with Crippen molar-refractivity contribution in [2.75, 3.05) is 17.7 Å². The molecule has 0 saturated heterocycles. The molecule has 100 valence electrons. The van der Waals surface area contributed by atoms with Crippen molar-refractivity contribution in [3.8, 4) is 0 Å². The van der Waals surface area contributed by atoms with Gasteiger partial charge in [-0.25, -0.2) is 4.98 Å². The number of anilines is 2. The molecule has 0 amide bonds. The molecule has 7 heteroatoms. The number of halogens is 1. The molecule has 0 aliphatic heterocycles. The van der Waals surface area contributed by atoms with Crippen molar-refractivity contribution in [3.63, 3.8) is 0 Å². The molecule has 0 bridgehead atoms. The van der Waals surface area contributed by atoms with Crippen molar-refractivity contribution < 1.29 is 9.90 Å². The Balaban J connectivity index is 2.07. The number of aliphatic carboxylic acids is 1. The van der Waals surface area contributed by atoms with Crippen LogP contribution >= 0.6 is 11.6 Å². The lowest BCUT2D eigenvalue weighted by atomic mass is 10.00. The van der Waals surface area contributed by atoms with Gasteiger partial charge in [0.05, 0.1) is 12.1 Å². The summed E-state index contributed by atoms with van der Waals surface area (Å²) in [6, 6.07) is 0. The van der Waals surface area contributed by atoms with Gasteiger partial charge in [0.15, 0.2) is 0 Å². The number of aromatic nitrogens is 2. The maximum Gasteiger partial charge on any atom is 0.310 e. The lowest BCUT2D eigenvalue weighted by Crippen LogP contribution is -2.14. The third-order valence-corrected chi connectivity index (χ3v) is 2.93. The van der Waals surface area contributed by atoms with Gasteiger partial charge in [0.25, 0.3) is 0 Å². The predicted octanol–water partition coefficient (Wildman–Crippen LogP) is 2.13. The predicted molar refractivity (Wildman–Crippen MR) is 73.2 cm³/mol. The molecule has 0 spiro atoms. The van der Waals surface area contributed by atoms with Crippen LogP contribution in [-0.2, 0) is 4.79 Å². The van der Waals surface area contributed by atoms with E-state index < -0.39 is 11.9 Å². The van der Waals surface area contributed by atoms with Crippen molar-refractivity contribution in [1.82, 2.24) is 9.97 Å². The van der Waals surface area contributed by atoms with Gasteiger partial charge in [-0.3, -0.25) is 4.79 Å². The average Bonchev–Trinajstić information content (AvgIpc) is 2.41. The number of carbonyl (C=O) groups is 1. The first-order chi connectivity index (χ1) is 9.10. The molecule has 0 fully saturated rings. The lowest BCUT2D eigenvalue weighted by Gasteiger charge is -2.13. The molecule has 1 aliphatic carbocycles. The van der Waals surface area contributed by atoms with Crippen LogP contribution in [0, 0.1) is 5.92 Å². The molecule has 1 heterocycles. The zero-order valence-electron chi connectivity index (χ0n) is 10.2. The van der Waals surface area contributed by atoms with Crippen molar-refractivity contribution in [2.24, 2.45) is 5.92 Å². The highest BCUT2D eigenvalue weighted by atomic mass is 35.5. The van der Waals surface area contributed by atoms with E-state index >= 15 is 0 Å². The zero-order chi connectivity index (χ0) is 13.8. The van der Waals surface area contributed by atoms with Crippen LogP contribution in [0.3, 0.4) is 0 Å². The Labute approximate surface area is 115 Å². The molecule has 0 radical (unpaired) electrons. The summed E-state index contributed by atoms with van der Waals surface area (Å²) in [7, 11) is 1.72. The van der Waals surface area contributed by atoms with E-state index in [0.717, 1.165) is 5.70 Å². The molecule has 2 rings (SSSR count). The fourth-order valence-electron chi connectivity index (χ4n) is 1.63. The second-order valence-corrected chi connectivity index (χ2v) is 4.37. The maximum absolute atomic E-state index is 10.8. The minimum absolute atomic E-state index is 0.401. The van der Waals surface area contributed by atoms with Gasteiger partial charge in [0, 0.05) is 12.7 Å². The first-order valence-electron chi connectivity index (χ1n) is 5.68. The highest BCUT2D eigenvalue weighted by Crippen LogP contribution is 2.21. The Kier molecular flexibility index (Phi) is 4.01. The summed E-state index contributed by atoms with van der Waals surface area (Å²) in [4.78, 5) is 19.0. The van der Waals surface area contributed by atoms with Crippen LogP contribution < -0.4 is 10.6 Å². The highest BCUT2D eigenvalue weighted by Gasteiger charge is 2.16. The number of carboxylic acid groups (broad SMARTS) is 1. The third kappa shape index (κ3) is 3.23. The number of allylic oxidation sites excluding steroid dienone is 2. The molecule has 0 saturated carbocycles.